The zero-order valence-electron chi connectivity index (χ0n) is 15.5. The Balaban J connectivity index is 1.61. The fourth-order valence-electron chi connectivity index (χ4n) is 2.81. The number of ether oxygens (including phenoxy) is 1. The number of urea groups is 1. The predicted octanol–water partition coefficient (Wildman–Crippen LogP) is 4.78. The van der Waals surface area contributed by atoms with Gasteiger partial charge < -0.3 is 19.9 Å². The normalized spacial score (nSPS) is 10.6. The van der Waals surface area contributed by atoms with Crippen molar-refractivity contribution < 1.29 is 14.3 Å². The van der Waals surface area contributed by atoms with Gasteiger partial charge >= 0.3 is 12.0 Å². The first-order valence-corrected chi connectivity index (χ1v) is 8.97. The SMILES string of the molecule is CCCCOC(=O)c1ccc(NC(=O)Nc2cn(C)c3ccccc23)cc1. The van der Waals surface area contributed by atoms with Gasteiger partial charge in [0.1, 0.15) is 0 Å². The lowest BCUT2D eigenvalue weighted by molar-refractivity contribution is 0.0500. The molecular formula is C21H23N3O3. The molecule has 0 aliphatic rings. The molecule has 0 saturated carbocycles. The van der Waals surface area contributed by atoms with Crippen molar-refractivity contribution in [1.29, 1.82) is 0 Å². The minimum Gasteiger partial charge on any atom is -0.462 e. The third-order valence-corrected chi connectivity index (χ3v) is 4.25. The summed E-state index contributed by atoms with van der Waals surface area (Å²) in [4.78, 5) is 24.2. The number of anilines is 2. The number of fused-ring (bicyclic) bond motifs is 1. The number of amides is 2. The molecule has 2 aromatic carbocycles. The van der Waals surface area contributed by atoms with Crippen LogP contribution in [0.3, 0.4) is 0 Å². The second-order valence-electron chi connectivity index (χ2n) is 6.32. The van der Waals surface area contributed by atoms with Gasteiger partial charge in [0.15, 0.2) is 0 Å². The van der Waals surface area contributed by atoms with E-state index in [9.17, 15) is 9.59 Å². The Morgan fingerprint density at radius 2 is 1.78 bits per heavy atom. The van der Waals surface area contributed by atoms with Gasteiger partial charge in [0.05, 0.1) is 17.9 Å². The van der Waals surface area contributed by atoms with Crippen LogP contribution in [0.4, 0.5) is 16.2 Å². The van der Waals surface area contributed by atoms with Gasteiger partial charge in [-0.25, -0.2) is 9.59 Å². The highest BCUT2D eigenvalue weighted by molar-refractivity contribution is 6.06. The molecule has 140 valence electrons. The Hall–Kier alpha value is -3.28. The molecule has 2 N–H and O–H groups in total. The van der Waals surface area contributed by atoms with Gasteiger partial charge in [-0.15, -0.1) is 0 Å². The second kappa shape index (κ2) is 8.40. The number of carbonyl (C=O) groups is 2. The predicted molar refractivity (Wildman–Crippen MR) is 107 cm³/mol. The number of hydrogen-bond donors (Lipinski definition) is 2. The van der Waals surface area contributed by atoms with E-state index >= 15 is 0 Å². The minimum absolute atomic E-state index is 0.343. The molecule has 0 atom stereocenters. The lowest BCUT2D eigenvalue weighted by atomic mass is 10.2. The maximum absolute atomic E-state index is 12.3. The molecule has 0 fully saturated rings. The van der Waals surface area contributed by atoms with Crippen LogP contribution in [0.15, 0.2) is 54.7 Å². The molecular weight excluding hydrogens is 342 g/mol. The van der Waals surface area contributed by atoms with Gasteiger partial charge in [0.2, 0.25) is 0 Å². The number of para-hydroxylation sites is 1. The number of aryl methyl sites for hydroxylation is 1. The van der Waals surface area contributed by atoms with Crippen LogP contribution in [0.25, 0.3) is 10.9 Å². The van der Waals surface area contributed by atoms with Crippen LogP contribution in [0, 0.1) is 0 Å². The molecule has 0 aliphatic heterocycles. The lowest BCUT2D eigenvalue weighted by Gasteiger charge is -2.08. The number of hydrogen-bond acceptors (Lipinski definition) is 3. The third kappa shape index (κ3) is 4.47. The van der Waals surface area contributed by atoms with Crippen molar-refractivity contribution >= 4 is 34.3 Å². The minimum atomic E-state index is -0.352. The molecule has 6 heteroatoms. The Morgan fingerprint density at radius 1 is 1.04 bits per heavy atom. The van der Waals surface area contributed by atoms with E-state index in [4.69, 9.17) is 4.74 Å². The molecule has 3 aromatic rings. The van der Waals surface area contributed by atoms with Crippen LogP contribution in [0.1, 0.15) is 30.1 Å². The monoisotopic (exact) mass is 365 g/mol. The Morgan fingerprint density at radius 3 is 2.52 bits per heavy atom. The van der Waals surface area contributed by atoms with Crippen molar-refractivity contribution in [2.45, 2.75) is 19.8 Å². The molecule has 1 aromatic heterocycles. The highest BCUT2D eigenvalue weighted by Crippen LogP contribution is 2.25. The van der Waals surface area contributed by atoms with E-state index in [-0.39, 0.29) is 12.0 Å². The van der Waals surface area contributed by atoms with Gasteiger partial charge in [-0.1, -0.05) is 31.5 Å². The molecule has 27 heavy (non-hydrogen) atoms. The van der Waals surface area contributed by atoms with Crippen LogP contribution < -0.4 is 10.6 Å². The first-order valence-electron chi connectivity index (χ1n) is 8.97. The molecule has 0 spiro atoms. The largest absolute Gasteiger partial charge is 0.462 e. The second-order valence-corrected chi connectivity index (χ2v) is 6.32. The molecule has 3 rings (SSSR count). The summed E-state index contributed by atoms with van der Waals surface area (Å²) < 4.78 is 7.13. The summed E-state index contributed by atoms with van der Waals surface area (Å²) in [6.45, 7) is 2.46. The average Bonchev–Trinajstić information content (AvgIpc) is 2.98. The maximum atomic E-state index is 12.3. The van der Waals surface area contributed by atoms with Gasteiger partial charge in [0, 0.05) is 29.8 Å². The highest BCUT2D eigenvalue weighted by atomic mass is 16.5. The quantitative estimate of drug-likeness (QED) is 0.488. The summed E-state index contributed by atoms with van der Waals surface area (Å²) in [6.07, 6.45) is 3.70. The fraction of sp³-hybridized carbons (Fsp3) is 0.238. The van der Waals surface area contributed by atoms with Crippen LogP contribution >= 0.6 is 0 Å². The van der Waals surface area contributed by atoms with Gasteiger partial charge in [-0.05, 0) is 36.8 Å². The first-order chi connectivity index (χ1) is 13.1. The molecule has 6 nitrogen and oxygen atoms in total. The number of nitrogens with zero attached hydrogens (tertiary/aromatic N) is 1. The molecule has 0 unspecified atom stereocenters. The van der Waals surface area contributed by atoms with E-state index < -0.39 is 0 Å². The van der Waals surface area contributed by atoms with Crippen molar-refractivity contribution in [3.8, 4) is 0 Å². The van der Waals surface area contributed by atoms with E-state index in [1.165, 1.54) is 0 Å². The standard InChI is InChI=1S/C21H23N3O3/c1-3-4-13-27-20(25)15-9-11-16(12-10-15)22-21(26)23-18-14-24(2)19-8-6-5-7-17(18)19/h5-12,14H,3-4,13H2,1-2H3,(H2,22,23,26). The summed E-state index contributed by atoms with van der Waals surface area (Å²) in [5.74, 6) is -0.352. The van der Waals surface area contributed by atoms with Gasteiger partial charge in [-0.2, -0.15) is 0 Å². The number of nitrogens with one attached hydrogen (secondary N) is 2. The Labute approximate surface area is 158 Å². The van der Waals surface area contributed by atoms with E-state index in [1.807, 2.05) is 49.0 Å². The fourth-order valence-corrected chi connectivity index (χ4v) is 2.81. The van der Waals surface area contributed by atoms with Gasteiger partial charge in [0.25, 0.3) is 0 Å². The van der Waals surface area contributed by atoms with Crippen molar-refractivity contribution in [3.05, 3.63) is 60.3 Å². The third-order valence-electron chi connectivity index (χ3n) is 4.25. The number of benzene rings is 2. The van der Waals surface area contributed by atoms with E-state index in [2.05, 4.69) is 10.6 Å². The van der Waals surface area contributed by atoms with E-state index in [0.717, 1.165) is 29.4 Å². The van der Waals surface area contributed by atoms with Crippen LogP contribution in [-0.4, -0.2) is 23.2 Å². The Kier molecular flexibility index (Phi) is 5.76. The van der Waals surface area contributed by atoms with Crippen LogP contribution in [-0.2, 0) is 11.8 Å². The summed E-state index contributed by atoms with van der Waals surface area (Å²) in [5.41, 5.74) is 2.84. The van der Waals surface area contributed by atoms with Crippen molar-refractivity contribution in [1.82, 2.24) is 4.57 Å². The number of aromatic nitrogens is 1. The number of unbranched alkanes of at least 4 members (excludes halogenated alkanes) is 1. The molecule has 0 aliphatic carbocycles. The smallest absolute Gasteiger partial charge is 0.338 e. The molecule has 0 bridgehead atoms. The summed E-state index contributed by atoms with van der Waals surface area (Å²) in [5, 5.41) is 6.61. The number of rotatable bonds is 6. The molecule has 1 heterocycles. The summed E-state index contributed by atoms with van der Waals surface area (Å²) in [6, 6.07) is 14.2. The van der Waals surface area contributed by atoms with Crippen LogP contribution in [0.2, 0.25) is 0 Å². The van der Waals surface area contributed by atoms with E-state index in [0.29, 0.717) is 17.9 Å². The summed E-state index contributed by atoms with van der Waals surface area (Å²) >= 11 is 0. The van der Waals surface area contributed by atoms with Crippen molar-refractivity contribution in [2.75, 3.05) is 17.2 Å². The number of esters is 1. The first kappa shape index (κ1) is 18.5. The molecule has 0 saturated heterocycles. The Bertz CT molecular complexity index is 945. The summed E-state index contributed by atoms with van der Waals surface area (Å²) in [7, 11) is 1.93. The topological polar surface area (TPSA) is 72.4 Å². The van der Waals surface area contributed by atoms with E-state index in [1.54, 1.807) is 24.3 Å². The highest BCUT2D eigenvalue weighted by Gasteiger charge is 2.10. The van der Waals surface area contributed by atoms with Crippen LogP contribution in [0.5, 0.6) is 0 Å². The molecule has 2 amide bonds. The number of carbonyl (C=O) groups excluding carboxylic acids is 2. The van der Waals surface area contributed by atoms with Gasteiger partial charge in [-0.3, -0.25) is 0 Å². The lowest BCUT2D eigenvalue weighted by Crippen LogP contribution is -2.19. The molecule has 0 radical (unpaired) electrons. The average molecular weight is 365 g/mol. The van der Waals surface area contributed by atoms with Crippen molar-refractivity contribution in [3.63, 3.8) is 0 Å². The maximum Gasteiger partial charge on any atom is 0.338 e. The zero-order chi connectivity index (χ0) is 19.2. The van der Waals surface area contributed by atoms with Crippen molar-refractivity contribution in [2.24, 2.45) is 7.05 Å². The zero-order valence-corrected chi connectivity index (χ0v) is 15.5.